The molecule has 120 valence electrons. The van der Waals surface area contributed by atoms with Crippen molar-refractivity contribution < 1.29 is 14.0 Å². The van der Waals surface area contributed by atoms with Crippen molar-refractivity contribution in [2.45, 2.75) is 25.3 Å². The van der Waals surface area contributed by atoms with Gasteiger partial charge in [-0.15, -0.1) is 0 Å². The highest BCUT2D eigenvalue weighted by Gasteiger charge is 2.34. The molecule has 0 aliphatic carbocycles. The molecule has 2 amide bonds. The Hall–Kier alpha value is -2.27. The van der Waals surface area contributed by atoms with Crippen LogP contribution in [0.4, 0.5) is 5.69 Å². The van der Waals surface area contributed by atoms with Gasteiger partial charge in [-0.05, 0) is 30.7 Å². The highest BCUT2D eigenvalue weighted by atomic mass is 35.5. The third-order valence-electron chi connectivity index (χ3n) is 3.86. The first-order valence-corrected chi connectivity index (χ1v) is 7.90. The van der Waals surface area contributed by atoms with Crippen molar-refractivity contribution in [3.8, 4) is 0 Å². The summed E-state index contributed by atoms with van der Waals surface area (Å²) in [5.74, 6) is 0.487. The second-order valence-corrected chi connectivity index (χ2v) is 5.84. The maximum absolute atomic E-state index is 12.5. The SMILES string of the molecule is O=C(CCc1ccco1)N[C@@H]1CCN(c2ccccc2Cl)C1=O. The van der Waals surface area contributed by atoms with E-state index < -0.39 is 6.04 Å². The fourth-order valence-corrected chi connectivity index (χ4v) is 2.92. The molecule has 1 aliphatic rings. The lowest BCUT2D eigenvalue weighted by Gasteiger charge is -2.18. The molecule has 0 bridgehead atoms. The van der Waals surface area contributed by atoms with Gasteiger partial charge in [0, 0.05) is 19.4 Å². The van der Waals surface area contributed by atoms with Gasteiger partial charge >= 0.3 is 0 Å². The summed E-state index contributed by atoms with van der Waals surface area (Å²) in [5.41, 5.74) is 0.687. The molecule has 5 nitrogen and oxygen atoms in total. The van der Waals surface area contributed by atoms with E-state index in [1.54, 1.807) is 29.4 Å². The van der Waals surface area contributed by atoms with Gasteiger partial charge in [-0.3, -0.25) is 9.59 Å². The number of anilines is 1. The Bertz CT molecular complexity index is 700. The molecule has 0 saturated carbocycles. The van der Waals surface area contributed by atoms with Gasteiger partial charge in [-0.1, -0.05) is 23.7 Å². The molecule has 1 atom stereocenters. The average Bonchev–Trinajstić information content (AvgIpc) is 3.17. The van der Waals surface area contributed by atoms with Gasteiger partial charge in [0.15, 0.2) is 0 Å². The van der Waals surface area contributed by atoms with Crippen LogP contribution in [0.1, 0.15) is 18.6 Å². The monoisotopic (exact) mass is 332 g/mol. The van der Waals surface area contributed by atoms with Gasteiger partial charge in [-0.25, -0.2) is 0 Å². The maximum atomic E-state index is 12.5. The highest BCUT2D eigenvalue weighted by molar-refractivity contribution is 6.34. The number of para-hydroxylation sites is 1. The van der Waals surface area contributed by atoms with E-state index in [1.165, 1.54) is 0 Å². The molecule has 1 N–H and O–H groups in total. The molecule has 1 saturated heterocycles. The topological polar surface area (TPSA) is 62.6 Å². The maximum Gasteiger partial charge on any atom is 0.249 e. The molecule has 0 spiro atoms. The molecule has 1 aromatic heterocycles. The van der Waals surface area contributed by atoms with Crippen molar-refractivity contribution in [2.75, 3.05) is 11.4 Å². The van der Waals surface area contributed by atoms with Crippen LogP contribution < -0.4 is 10.2 Å². The van der Waals surface area contributed by atoms with Gasteiger partial charge in [0.2, 0.25) is 11.8 Å². The number of hydrogen-bond donors (Lipinski definition) is 1. The minimum atomic E-state index is -0.490. The fraction of sp³-hybridized carbons (Fsp3) is 0.294. The van der Waals surface area contributed by atoms with E-state index in [-0.39, 0.29) is 11.8 Å². The Kier molecular flexibility index (Phi) is 4.67. The number of nitrogens with one attached hydrogen (secondary N) is 1. The number of aryl methyl sites for hydroxylation is 1. The smallest absolute Gasteiger partial charge is 0.249 e. The van der Waals surface area contributed by atoms with E-state index in [4.69, 9.17) is 16.0 Å². The second kappa shape index (κ2) is 6.87. The van der Waals surface area contributed by atoms with Crippen molar-refractivity contribution in [3.63, 3.8) is 0 Å². The summed E-state index contributed by atoms with van der Waals surface area (Å²) >= 11 is 6.14. The third-order valence-corrected chi connectivity index (χ3v) is 4.18. The summed E-state index contributed by atoms with van der Waals surface area (Å²) in [6.45, 7) is 0.547. The molecule has 3 rings (SSSR count). The number of carbonyl (C=O) groups is 2. The number of amides is 2. The van der Waals surface area contributed by atoms with Crippen LogP contribution >= 0.6 is 11.6 Å². The molecular formula is C17H17ClN2O3. The van der Waals surface area contributed by atoms with Gasteiger partial charge in [-0.2, -0.15) is 0 Å². The molecule has 2 aromatic rings. The molecule has 1 fully saturated rings. The summed E-state index contributed by atoms with van der Waals surface area (Å²) in [7, 11) is 0. The predicted molar refractivity (Wildman–Crippen MR) is 87.4 cm³/mol. The normalized spacial score (nSPS) is 17.5. The number of nitrogens with zero attached hydrogens (tertiary/aromatic N) is 1. The van der Waals surface area contributed by atoms with Gasteiger partial charge in [0.25, 0.3) is 0 Å². The molecule has 6 heteroatoms. The number of carbonyl (C=O) groups excluding carboxylic acids is 2. The quantitative estimate of drug-likeness (QED) is 0.915. The van der Waals surface area contributed by atoms with E-state index in [0.717, 1.165) is 5.76 Å². The van der Waals surface area contributed by atoms with E-state index >= 15 is 0 Å². The summed E-state index contributed by atoms with van der Waals surface area (Å²) in [6.07, 6.45) is 2.98. The van der Waals surface area contributed by atoms with Gasteiger partial charge in [0.05, 0.1) is 17.0 Å². The lowest BCUT2D eigenvalue weighted by atomic mass is 10.2. The van der Waals surface area contributed by atoms with E-state index in [2.05, 4.69) is 5.32 Å². The third kappa shape index (κ3) is 3.56. The largest absolute Gasteiger partial charge is 0.469 e. The number of hydrogen-bond acceptors (Lipinski definition) is 3. The molecule has 23 heavy (non-hydrogen) atoms. The van der Waals surface area contributed by atoms with Crippen LogP contribution in [0.25, 0.3) is 0 Å². The minimum absolute atomic E-state index is 0.121. The summed E-state index contributed by atoms with van der Waals surface area (Å²) in [4.78, 5) is 26.1. The first-order valence-electron chi connectivity index (χ1n) is 7.53. The Morgan fingerprint density at radius 3 is 2.87 bits per heavy atom. The lowest BCUT2D eigenvalue weighted by Crippen LogP contribution is -2.41. The Labute approximate surface area is 139 Å². The summed E-state index contributed by atoms with van der Waals surface area (Å²) < 4.78 is 5.19. The highest BCUT2D eigenvalue weighted by Crippen LogP contribution is 2.28. The zero-order valence-electron chi connectivity index (χ0n) is 12.5. The zero-order valence-corrected chi connectivity index (χ0v) is 13.3. The predicted octanol–water partition coefficient (Wildman–Crippen LogP) is 2.79. The Morgan fingerprint density at radius 1 is 1.30 bits per heavy atom. The van der Waals surface area contributed by atoms with E-state index in [0.29, 0.717) is 36.5 Å². The molecule has 0 unspecified atom stereocenters. The summed E-state index contributed by atoms with van der Waals surface area (Å²) in [5, 5.41) is 3.33. The molecular weight excluding hydrogens is 316 g/mol. The van der Waals surface area contributed by atoms with Gasteiger partial charge < -0.3 is 14.6 Å². The number of furan rings is 1. The number of rotatable bonds is 5. The van der Waals surface area contributed by atoms with Crippen molar-refractivity contribution in [1.29, 1.82) is 0 Å². The second-order valence-electron chi connectivity index (χ2n) is 5.43. The van der Waals surface area contributed by atoms with Crippen molar-refractivity contribution in [3.05, 3.63) is 53.4 Å². The molecule has 2 heterocycles. The van der Waals surface area contributed by atoms with Crippen LogP contribution in [0.2, 0.25) is 5.02 Å². The lowest BCUT2D eigenvalue weighted by molar-refractivity contribution is -0.126. The molecule has 1 aromatic carbocycles. The van der Waals surface area contributed by atoms with Crippen molar-refractivity contribution in [1.82, 2.24) is 5.32 Å². The average molecular weight is 333 g/mol. The molecule has 0 radical (unpaired) electrons. The van der Waals surface area contributed by atoms with Crippen LogP contribution in [0.15, 0.2) is 47.1 Å². The van der Waals surface area contributed by atoms with Gasteiger partial charge in [0.1, 0.15) is 11.8 Å². The van der Waals surface area contributed by atoms with Crippen LogP contribution in [0.3, 0.4) is 0 Å². The fourth-order valence-electron chi connectivity index (χ4n) is 2.68. The first kappa shape index (κ1) is 15.6. The summed E-state index contributed by atoms with van der Waals surface area (Å²) in [6, 6.07) is 10.3. The van der Waals surface area contributed by atoms with Crippen LogP contribution in [0.5, 0.6) is 0 Å². The zero-order chi connectivity index (χ0) is 16.2. The van der Waals surface area contributed by atoms with Crippen molar-refractivity contribution >= 4 is 29.1 Å². The Morgan fingerprint density at radius 2 is 2.13 bits per heavy atom. The minimum Gasteiger partial charge on any atom is -0.469 e. The van der Waals surface area contributed by atoms with E-state index in [9.17, 15) is 9.59 Å². The van der Waals surface area contributed by atoms with E-state index in [1.807, 2.05) is 18.2 Å². The van der Waals surface area contributed by atoms with Crippen LogP contribution in [-0.4, -0.2) is 24.4 Å². The number of benzene rings is 1. The standard InChI is InChI=1S/C17H17ClN2O3/c18-13-5-1-2-6-15(13)20-10-9-14(17(20)22)19-16(21)8-7-12-4-3-11-23-12/h1-6,11,14H,7-10H2,(H,19,21)/t14-/m1/s1. The Balaban J connectivity index is 1.57. The van der Waals surface area contributed by atoms with Crippen molar-refractivity contribution in [2.24, 2.45) is 0 Å². The molecule has 1 aliphatic heterocycles. The van der Waals surface area contributed by atoms with Crippen LogP contribution in [0, 0.1) is 0 Å². The van der Waals surface area contributed by atoms with Crippen LogP contribution in [-0.2, 0) is 16.0 Å². The first-order chi connectivity index (χ1) is 11.1. The number of halogens is 1.